The number of hydrogen-bond donors (Lipinski definition) is 1. The average Bonchev–Trinajstić information content (AvgIpc) is 2.79. The van der Waals surface area contributed by atoms with Crippen molar-refractivity contribution in [3.8, 4) is 17.2 Å². The number of hydrogen-bond acceptors (Lipinski definition) is 6. The van der Waals surface area contributed by atoms with E-state index < -0.39 is 0 Å². The van der Waals surface area contributed by atoms with Gasteiger partial charge in [0.05, 0.1) is 25.5 Å². The molecule has 0 bridgehead atoms. The van der Waals surface area contributed by atoms with Gasteiger partial charge >= 0.3 is 5.97 Å². The average molecular weight is 440 g/mol. The monoisotopic (exact) mass is 439 g/mol. The molecule has 6 nitrogen and oxygen atoms in total. The second-order valence-corrected chi connectivity index (χ2v) is 7.50. The second-order valence-electron chi connectivity index (χ2n) is 7.50. The van der Waals surface area contributed by atoms with Gasteiger partial charge in [0, 0.05) is 23.4 Å². The highest BCUT2D eigenvalue weighted by Crippen LogP contribution is 2.24. The molecule has 0 heterocycles. The zero-order valence-corrected chi connectivity index (χ0v) is 19.0. The highest BCUT2D eigenvalue weighted by Gasteiger charge is 2.04. The molecular formula is C26H33NO5. The van der Waals surface area contributed by atoms with E-state index in [9.17, 15) is 9.90 Å². The zero-order chi connectivity index (χ0) is 23.2. The van der Waals surface area contributed by atoms with Gasteiger partial charge in [-0.15, -0.1) is 0 Å². The number of phenolic OH excluding ortho intramolecular Hbond substituents is 1. The van der Waals surface area contributed by atoms with E-state index >= 15 is 0 Å². The molecule has 0 saturated heterocycles. The summed E-state index contributed by atoms with van der Waals surface area (Å²) >= 11 is 0. The van der Waals surface area contributed by atoms with Crippen LogP contribution in [0, 0.1) is 0 Å². The van der Waals surface area contributed by atoms with Gasteiger partial charge in [-0.05, 0) is 62.6 Å². The molecule has 0 saturated carbocycles. The molecule has 0 fully saturated rings. The fourth-order valence-corrected chi connectivity index (χ4v) is 2.72. The normalized spacial score (nSPS) is 10.8. The van der Waals surface area contributed by atoms with E-state index in [0.29, 0.717) is 36.5 Å². The first-order valence-corrected chi connectivity index (χ1v) is 11.0. The minimum Gasteiger partial charge on any atom is -0.507 e. The van der Waals surface area contributed by atoms with E-state index in [1.807, 2.05) is 24.3 Å². The van der Waals surface area contributed by atoms with Gasteiger partial charge in [-0.2, -0.15) is 0 Å². The van der Waals surface area contributed by atoms with E-state index in [1.54, 1.807) is 31.3 Å². The summed E-state index contributed by atoms with van der Waals surface area (Å²) < 4.78 is 16.4. The Balaban J connectivity index is 1.76. The minimum absolute atomic E-state index is 0.0949. The van der Waals surface area contributed by atoms with Crippen molar-refractivity contribution < 1.29 is 24.1 Å². The molecule has 0 aliphatic heterocycles. The van der Waals surface area contributed by atoms with Crippen LogP contribution in [0.15, 0.2) is 59.6 Å². The lowest BCUT2D eigenvalue weighted by Crippen LogP contribution is -2.07. The smallest absolute Gasteiger partial charge is 0.333 e. The summed E-state index contributed by atoms with van der Waals surface area (Å²) in [6.07, 6.45) is 6.44. The highest BCUT2D eigenvalue weighted by molar-refractivity contribution is 5.87. The fourth-order valence-electron chi connectivity index (χ4n) is 2.72. The minimum atomic E-state index is -0.375. The van der Waals surface area contributed by atoms with Crippen molar-refractivity contribution >= 4 is 17.9 Å². The lowest BCUT2D eigenvalue weighted by Gasteiger charge is -2.08. The molecular weight excluding hydrogens is 406 g/mol. The van der Waals surface area contributed by atoms with Crippen LogP contribution in [0.3, 0.4) is 0 Å². The number of phenols is 1. The van der Waals surface area contributed by atoms with Gasteiger partial charge in [0.25, 0.3) is 0 Å². The maximum absolute atomic E-state index is 11.3. The number of unbranched alkanes of at least 4 members (excludes halogenated alkanes) is 3. The molecule has 2 rings (SSSR count). The molecule has 1 N–H and O–H groups in total. The van der Waals surface area contributed by atoms with Gasteiger partial charge in [0.2, 0.25) is 0 Å². The second kappa shape index (κ2) is 13.9. The summed E-state index contributed by atoms with van der Waals surface area (Å²) in [4.78, 5) is 15.7. The van der Waals surface area contributed by atoms with E-state index in [4.69, 9.17) is 14.2 Å². The summed E-state index contributed by atoms with van der Waals surface area (Å²) in [5.74, 6) is 1.12. The molecule has 32 heavy (non-hydrogen) atoms. The highest BCUT2D eigenvalue weighted by atomic mass is 16.5. The van der Waals surface area contributed by atoms with Crippen molar-refractivity contribution in [1.82, 2.24) is 0 Å². The molecule has 2 aromatic rings. The number of esters is 1. The quantitative estimate of drug-likeness (QED) is 0.169. The molecule has 0 amide bonds. The van der Waals surface area contributed by atoms with Crippen LogP contribution in [0.5, 0.6) is 17.2 Å². The summed E-state index contributed by atoms with van der Waals surface area (Å²) in [5, 5.41) is 10.3. The van der Waals surface area contributed by atoms with Crippen LogP contribution in [0.1, 0.15) is 51.5 Å². The fraction of sp³-hybridized carbons (Fsp3) is 0.385. The topological polar surface area (TPSA) is 77.4 Å². The number of rotatable bonds is 14. The predicted octanol–water partition coefficient (Wildman–Crippen LogP) is 5.99. The first-order valence-electron chi connectivity index (χ1n) is 11.0. The Bertz CT molecular complexity index is 890. The summed E-state index contributed by atoms with van der Waals surface area (Å²) in [7, 11) is 0. The van der Waals surface area contributed by atoms with Crippen LogP contribution < -0.4 is 9.47 Å². The van der Waals surface area contributed by atoms with Gasteiger partial charge < -0.3 is 19.3 Å². The third kappa shape index (κ3) is 9.25. The van der Waals surface area contributed by atoms with Crippen molar-refractivity contribution in [2.24, 2.45) is 4.99 Å². The third-order valence-electron chi connectivity index (χ3n) is 4.60. The molecule has 0 aliphatic carbocycles. The summed E-state index contributed by atoms with van der Waals surface area (Å²) in [6, 6.07) is 12.7. The number of benzene rings is 2. The number of aliphatic imine (C=N–C) groups is 1. The number of carbonyl (C=O) groups is 1. The van der Waals surface area contributed by atoms with E-state index in [1.165, 1.54) is 12.8 Å². The molecule has 0 unspecified atom stereocenters. The van der Waals surface area contributed by atoms with Crippen molar-refractivity contribution in [3.63, 3.8) is 0 Å². The Kier molecular flexibility index (Phi) is 10.9. The Morgan fingerprint density at radius 2 is 1.59 bits per heavy atom. The van der Waals surface area contributed by atoms with Gasteiger partial charge in [-0.3, -0.25) is 4.99 Å². The third-order valence-corrected chi connectivity index (χ3v) is 4.60. The Morgan fingerprint density at radius 1 is 0.969 bits per heavy atom. The Hall–Kier alpha value is -3.28. The van der Waals surface area contributed by atoms with Crippen molar-refractivity contribution in [1.29, 1.82) is 0 Å². The Labute approximate surface area is 190 Å². The number of ether oxygens (including phenoxy) is 3. The standard InChI is InChI=1S/C26H33NO5/c1-4-5-6-15-30-23-13-10-22(11-14-23)27-19-21-9-12-24(18-25(21)28)31-16-7-8-17-32-26(29)20(2)3/h9-14,18-19,28H,2,4-8,15-17H2,1,3H3. The van der Waals surface area contributed by atoms with E-state index in [-0.39, 0.29) is 11.7 Å². The van der Waals surface area contributed by atoms with Crippen molar-refractivity contribution in [3.05, 3.63) is 60.2 Å². The first-order chi connectivity index (χ1) is 15.5. The van der Waals surface area contributed by atoms with E-state index in [0.717, 1.165) is 30.9 Å². The molecule has 6 heteroatoms. The maximum atomic E-state index is 11.3. The van der Waals surface area contributed by atoms with Crippen LogP contribution >= 0.6 is 0 Å². The van der Waals surface area contributed by atoms with Crippen LogP contribution in [0.4, 0.5) is 5.69 Å². The Morgan fingerprint density at radius 3 is 2.25 bits per heavy atom. The molecule has 0 spiro atoms. The number of nitrogens with zero attached hydrogens (tertiary/aromatic N) is 1. The zero-order valence-electron chi connectivity index (χ0n) is 19.0. The number of aromatic hydroxyl groups is 1. The molecule has 2 aromatic carbocycles. The maximum Gasteiger partial charge on any atom is 0.333 e. The van der Waals surface area contributed by atoms with Crippen molar-refractivity contribution in [2.75, 3.05) is 19.8 Å². The molecule has 0 atom stereocenters. The summed E-state index contributed by atoms with van der Waals surface area (Å²) in [5.41, 5.74) is 1.77. The SMILES string of the molecule is C=C(C)C(=O)OCCCCOc1ccc(C=Nc2ccc(OCCCCC)cc2)c(O)c1. The lowest BCUT2D eigenvalue weighted by molar-refractivity contribution is -0.139. The summed E-state index contributed by atoms with van der Waals surface area (Å²) in [6.45, 7) is 8.84. The molecule has 0 radical (unpaired) electrons. The lowest BCUT2D eigenvalue weighted by atomic mass is 10.2. The largest absolute Gasteiger partial charge is 0.507 e. The first kappa shape index (κ1) is 25.0. The molecule has 172 valence electrons. The van der Waals surface area contributed by atoms with Gasteiger partial charge in [-0.25, -0.2) is 4.79 Å². The van der Waals surface area contributed by atoms with E-state index in [2.05, 4.69) is 18.5 Å². The van der Waals surface area contributed by atoms with Crippen LogP contribution in [0.2, 0.25) is 0 Å². The van der Waals surface area contributed by atoms with Crippen LogP contribution in [0.25, 0.3) is 0 Å². The van der Waals surface area contributed by atoms with Gasteiger partial charge in [0.15, 0.2) is 0 Å². The van der Waals surface area contributed by atoms with Gasteiger partial charge in [0.1, 0.15) is 17.2 Å². The van der Waals surface area contributed by atoms with Gasteiger partial charge in [-0.1, -0.05) is 26.3 Å². The van der Waals surface area contributed by atoms with Crippen molar-refractivity contribution in [2.45, 2.75) is 46.0 Å². The molecule has 0 aliphatic rings. The number of carbonyl (C=O) groups excluding carboxylic acids is 1. The van der Waals surface area contributed by atoms with Crippen LogP contribution in [-0.4, -0.2) is 37.1 Å². The predicted molar refractivity (Wildman–Crippen MR) is 127 cm³/mol. The van der Waals surface area contributed by atoms with Crippen LogP contribution in [-0.2, 0) is 9.53 Å². The molecule has 0 aromatic heterocycles.